The molecule has 1 aliphatic heterocycles. The van der Waals surface area contributed by atoms with E-state index in [1.165, 1.54) is 39.1 Å². The molecule has 1 aliphatic rings. The Morgan fingerprint density at radius 3 is 2.97 bits per heavy atom. The quantitative estimate of drug-likeness (QED) is 0.397. The van der Waals surface area contributed by atoms with Gasteiger partial charge in [0.15, 0.2) is 5.65 Å². The van der Waals surface area contributed by atoms with Gasteiger partial charge in [-0.2, -0.15) is 0 Å². The molecular formula is C18H17ClN6O4S3. The molecule has 0 bridgehead atoms. The second-order valence-electron chi connectivity index (χ2n) is 6.93. The van der Waals surface area contributed by atoms with Gasteiger partial charge in [-0.25, -0.2) is 19.6 Å². The van der Waals surface area contributed by atoms with E-state index in [1.807, 2.05) is 6.07 Å². The lowest BCUT2D eigenvalue weighted by atomic mass is 9.97. The monoisotopic (exact) mass is 512 g/mol. The number of hydrogen-bond donors (Lipinski definition) is 2. The zero-order chi connectivity index (χ0) is 22.2. The van der Waals surface area contributed by atoms with E-state index in [9.17, 15) is 10.2 Å². The summed E-state index contributed by atoms with van der Waals surface area (Å²) in [5.41, 5.74) is 2.42. The number of halogens is 1. The number of ether oxygens (including phenoxy) is 2. The second kappa shape index (κ2) is 9.27. The summed E-state index contributed by atoms with van der Waals surface area (Å²) >= 11 is 10.2. The van der Waals surface area contributed by atoms with E-state index in [1.54, 1.807) is 30.4 Å². The van der Waals surface area contributed by atoms with Gasteiger partial charge in [0.25, 0.3) is 0 Å². The van der Waals surface area contributed by atoms with Crippen LogP contribution in [-0.4, -0.2) is 77.6 Å². The lowest BCUT2D eigenvalue weighted by Gasteiger charge is -2.43. The van der Waals surface area contributed by atoms with Crippen LogP contribution >= 0.6 is 46.0 Å². The molecule has 5 rings (SSSR count). The highest BCUT2D eigenvalue weighted by Gasteiger charge is 2.47. The normalized spacial score (nSPS) is 26.1. The van der Waals surface area contributed by atoms with Crippen molar-refractivity contribution in [3.8, 4) is 10.7 Å². The summed E-state index contributed by atoms with van der Waals surface area (Å²) in [6.45, 7) is -0.360. The average Bonchev–Trinajstić information content (AvgIpc) is 3.54. The van der Waals surface area contributed by atoms with E-state index in [0.717, 1.165) is 9.60 Å². The molecule has 5 heterocycles. The third-order valence-electron chi connectivity index (χ3n) is 5.02. The minimum atomic E-state index is -1.07. The molecular weight excluding hydrogens is 496 g/mol. The Kier molecular flexibility index (Phi) is 6.40. The molecule has 1 saturated heterocycles. The Labute approximate surface area is 199 Å². The maximum atomic E-state index is 10.9. The molecule has 0 saturated carbocycles. The van der Waals surface area contributed by atoms with Gasteiger partial charge in [0, 0.05) is 23.6 Å². The first-order valence-corrected chi connectivity index (χ1v) is 12.5. The van der Waals surface area contributed by atoms with Crippen LogP contribution in [0, 0.1) is 0 Å². The number of methoxy groups -OCH3 is 1. The predicted octanol–water partition coefficient (Wildman–Crippen LogP) is 2.49. The molecule has 4 aromatic rings. The lowest BCUT2D eigenvalue weighted by molar-refractivity contribution is -0.186. The fourth-order valence-electron chi connectivity index (χ4n) is 3.54. The number of aromatic nitrogens is 6. The highest BCUT2D eigenvalue weighted by atomic mass is 35.5. The summed E-state index contributed by atoms with van der Waals surface area (Å²) in [6, 6.07) is 1.33. The van der Waals surface area contributed by atoms with Gasteiger partial charge in [0.05, 0.1) is 23.0 Å². The largest absolute Gasteiger partial charge is 0.394 e. The van der Waals surface area contributed by atoms with E-state index in [0.29, 0.717) is 21.5 Å². The highest BCUT2D eigenvalue weighted by molar-refractivity contribution is 7.99. The number of aliphatic hydroxyl groups is 2. The molecule has 0 aliphatic carbocycles. The maximum absolute atomic E-state index is 10.9. The van der Waals surface area contributed by atoms with Crippen molar-refractivity contribution in [3.63, 3.8) is 0 Å². The van der Waals surface area contributed by atoms with Crippen molar-refractivity contribution < 1.29 is 19.7 Å². The van der Waals surface area contributed by atoms with E-state index in [4.69, 9.17) is 21.1 Å². The Hall–Kier alpha value is -1.71. The van der Waals surface area contributed by atoms with Crippen LogP contribution in [0.2, 0.25) is 5.15 Å². The van der Waals surface area contributed by atoms with E-state index in [2.05, 4.69) is 25.3 Å². The Balaban J connectivity index is 1.45. The number of pyridine rings is 1. The van der Waals surface area contributed by atoms with Crippen molar-refractivity contribution in [2.75, 3.05) is 13.7 Å². The molecule has 0 amide bonds. The smallest absolute Gasteiger partial charge is 0.170 e. The molecule has 0 radical (unpaired) electrons. The molecule has 168 valence electrons. The fraction of sp³-hybridized carbons (Fsp3) is 0.389. The summed E-state index contributed by atoms with van der Waals surface area (Å²) in [5, 5.41) is 31.9. The van der Waals surface area contributed by atoms with E-state index >= 15 is 0 Å². The van der Waals surface area contributed by atoms with Crippen molar-refractivity contribution in [3.05, 3.63) is 34.5 Å². The first kappa shape index (κ1) is 22.1. The van der Waals surface area contributed by atoms with Crippen molar-refractivity contribution in [1.29, 1.82) is 0 Å². The van der Waals surface area contributed by atoms with Gasteiger partial charge in [-0.3, -0.25) is 0 Å². The van der Waals surface area contributed by atoms with Crippen LogP contribution < -0.4 is 0 Å². The molecule has 1 fully saturated rings. The molecule has 10 nitrogen and oxygen atoms in total. The summed E-state index contributed by atoms with van der Waals surface area (Å²) < 4.78 is 14.3. The van der Waals surface area contributed by atoms with Crippen LogP contribution in [0.4, 0.5) is 0 Å². The van der Waals surface area contributed by atoms with Crippen molar-refractivity contribution in [1.82, 2.24) is 29.9 Å². The van der Waals surface area contributed by atoms with Gasteiger partial charge in [-0.15, -0.1) is 27.8 Å². The third-order valence-corrected chi connectivity index (χ3v) is 8.08. The Bertz CT molecular complexity index is 1220. The van der Waals surface area contributed by atoms with Gasteiger partial charge in [-0.1, -0.05) is 28.6 Å². The summed E-state index contributed by atoms with van der Waals surface area (Å²) in [7, 11) is 1.55. The minimum absolute atomic E-state index is 0.360. The molecule has 14 heteroatoms. The summed E-state index contributed by atoms with van der Waals surface area (Å²) in [5.74, 6) is 0. The van der Waals surface area contributed by atoms with Crippen LogP contribution in [-0.2, 0) is 9.47 Å². The van der Waals surface area contributed by atoms with Gasteiger partial charge < -0.3 is 19.7 Å². The summed E-state index contributed by atoms with van der Waals surface area (Å²) in [6.07, 6.45) is 0.909. The topological polar surface area (TPSA) is 128 Å². The number of hydrogen-bond acceptors (Lipinski definition) is 12. The van der Waals surface area contributed by atoms with Crippen LogP contribution in [0.25, 0.3) is 21.0 Å². The third kappa shape index (κ3) is 4.15. The number of aliphatic hydroxyl groups excluding tert-OH is 2. The molecule has 0 spiro atoms. The highest BCUT2D eigenvalue weighted by Crippen LogP contribution is 2.40. The van der Waals surface area contributed by atoms with Crippen molar-refractivity contribution in [2.24, 2.45) is 0 Å². The van der Waals surface area contributed by atoms with Gasteiger partial charge in [-0.05, 0) is 6.07 Å². The van der Waals surface area contributed by atoms with Crippen LogP contribution in [0.15, 0.2) is 34.2 Å². The Morgan fingerprint density at radius 2 is 2.22 bits per heavy atom. The van der Waals surface area contributed by atoms with Crippen LogP contribution in [0.3, 0.4) is 0 Å². The minimum Gasteiger partial charge on any atom is -0.394 e. The van der Waals surface area contributed by atoms with Crippen molar-refractivity contribution >= 4 is 56.4 Å². The van der Waals surface area contributed by atoms with Crippen LogP contribution in [0.1, 0.15) is 6.04 Å². The number of fused-ring (bicyclic) bond motifs is 1. The molecule has 2 N–H and O–H groups in total. The summed E-state index contributed by atoms with van der Waals surface area (Å²) in [4.78, 5) is 13.6. The van der Waals surface area contributed by atoms with Crippen LogP contribution in [0.5, 0.6) is 0 Å². The zero-order valence-electron chi connectivity index (χ0n) is 16.5. The molecule has 32 heavy (non-hydrogen) atoms. The second-order valence-corrected chi connectivity index (χ2v) is 10.2. The van der Waals surface area contributed by atoms with Gasteiger partial charge in [0.1, 0.15) is 45.6 Å². The zero-order valence-corrected chi connectivity index (χ0v) is 19.7. The molecule has 4 aromatic heterocycles. The first-order valence-electron chi connectivity index (χ1n) is 9.43. The SMILES string of the molecule is COC1C(n2cc(-c3nc(Cl)cs3)nn2)[C@@H](O)C(CO)O[C@@H]1Sc1cnc2ncsc2c1. The molecule has 0 aromatic carbocycles. The Morgan fingerprint density at radius 1 is 1.34 bits per heavy atom. The molecule has 3 unspecified atom stereocenters. The van der Waals surface area contributed by atoms with Gasteiger partial charge >= 0.3 is 0 Å². The number of nitrogens with zero attached hydrogens (tertiary/aromatic N) is 6. The fourth-order valence-corrected chi connectivity index (χ4v) is 6.35. The standard InChI is InChI=1S/C18H17ClN6O4S3/c1-28-15-13(25-4-9(23-24-25)17-22-12(19)6-30-17)14(27)10(5-26)29-18(15)32-8-2-11-16(20-3-8)21-7-31-11/h2-4,6-7,10,13-15,18,26-27H,5H2,1H3/t10?,13?,14-,15?,18+/m0/s1. The van der Waals surface area contributed by atoms with E-state index in [-0.39, 0.29) is 6.61 Å². The molecule has 5 atom stereocenters. The number of thioether (sulfide) groups is 1. The van der Waals surface area contributed by atoms with Crippen molar-refractivity contribution in [2.45, 2.75) is 34.7 Å². The number of thiazole rings is 2. The maximum Gasteiger partial charge on any atom is 0.170 e. The van der Waals surface area contributed by atoms with E-state index < -0.39 is 29.8 Å². The first-order chi connectivity index (χ1) is 15.6. The average molecular weight is 513 g/mol. The lowest BCUT2D eigenvalue weighted by Crippen LogP contribution is -2.55. The predicted molar refractivity (Wildman–Crippen MR) is 121 cm³/mol. The number of rotatable bonds is 6. The van der Waals surface area contributed by atoms with Gasteiger partial charge in [0.2, 0.25) is 0 Å².